The summed E-state index contributed by atoms with van der Waals surface area (Å²) in [5.74, 6) is 0. The van der Waals surface area contributed by atoms with Gasteiger partial charge >= 0.3 is 0 Å². The zero-order chi connectivity index (χ0) is 7.84. The summed E-state index contributed by atoms with van der Waals surface area (Å²) >= 11 is 2.02. The van der Waals surface area contributed by atoms with Gasteiger partial charge in [0.2, 0.25) is 0 Å². The predicted molar refractivity (Wildman–Crippen MR) is 50.4 cm³/mol. The number of hydrogen-bond acceptors (Lipinski definition) is 2. The Morgan fingerprint density at radius 2 is 2.36 bits per heavy atom. The largest absolute Gasteiger partial charge is 0.384 e. The number of dihydropyridines is 1. The number of hydrogen-bond donors (Lipinski definition) is 1. The van der Waals surface area contributed by atoms with E-state index < -0.39 is 0 Å². The van der Waals surface area contributed by atoms with Crippen molar-refractivity contribution < 1.29 is 0 Å². The van der Waals surface area contributed by atoms with E-state index in [9.17, 15) is 0 Å². The summed E-state index contributed by atoms with van der Waals surface area (Å²) in [5.41, 5.74) is 1.55. The Balaban J connectivity index is 2.25. The van der Waals surface area contributed by atoms with Crippen LogP contribution < -0.4 is 5.32 Å². The Labute approximate surface area is 71.9 Å². The standard InChI is InChI=1S/C9H13NS/c1-6-5-8-3-4-10-7(2)9(8)11-6/h3-4,6-7,10H,5H2,1-2H3. The van der Waals surface area contributed by atoms with Crippen LogP contribution in [0.25, 0.3) is 0 Å². The van der Waals surface area contributed by atoms with Crippen LogP contribution in [0.1, 0.15) is 20.3 Å². The first-order chi connectivity index (χ1) is 5.27. The van der Waals surface area contributed by atoms with E-state index in [1.54, 1.807) is 10.5 Å². The molecule has 2 heteroatoms. The molecule has 0 fully saturated rings. The molecule has 2 aliphatic heterocycles. The average molecular weight is 167 g/mol. The van der Waals surface area contributed by atoms with Gasteiger partial charge in [0.15, 0.2) is 0 Å². The van der Waals surface area contributed by atoms with E-state index in [0.717, 1.165) is 5.25 Å². The Hall–Kier alpha value is -0.370. The van der Waals surface area contributed by atoms with Crippen molar-refractivity contribution in [3.8, 4) is 0 Å². The van der Waals surface area contributed by atoms with Gasteiger partial charge in [-0.05, 0) is 31.2 Å². The van der Waals surface area contributed by atoms with E-state index in [1.807, 2.05) is 11.8 Å². The maximum absolute atomic E-state index is 3.31. The van der Waals surface area contributed by atoms with Crippen molar-refractivity contribution in [3.05, 3.63) is 22.8 Å². The summed E-state index contributed by atoms with van der Waals surface area (Å²) in [7, 11) is 0. The fourth-order valence-corrected chi connectivity index (χ4v) is 2.91. The number of nitrogens with one attached hydrogen (secondary N) is 1. The lowest BCUT2D eigenvalue weighted by atomic mass is 10.1. The molecule has 1 N–H and O–H groups in total. The van der Waals surface area contributed by atoms with Gasteiger partial charge in [-0.15, -0.1) is 11.8 Å². The molecule has 0 aromatic carbocycles. The average Bonchev–Trinajstić information content (AvgIpc) is 2.31. The van der Waals surface area contributed by atoms with Gasteiger partial charge in [0.25, 0.3) is 0 Å². The van der Waals surface area contributed by atoms with Gasteiger partial charge in [0, 0.05) is 10.2 Å². The van der Waals surface area contributed by atoms with Gasteiger partial charge in [0.1, 0.15) is 0 Å². The molecule has 0 saturated heterocycles. The minimum atomic E-state index is 0.546. The fourth-order valence-electron chi connectivity index (χ4n) is 1.64. The predicted octanol–water partition coefficient (Wildman–Crippen LogP) is 2.27. The molecule has 0 amide bonds. The Morgan fingerprint density at radius 1 is 1.55 bits per heavy atom. The minimum absolute atomic E-state index is 0.546. The monoisotopic (exact) mass is 167 g/mol. The maximum Gasteiger partial charge on any atom is 0.0542 e. The van der Waals surface area contributed by atoms with Gasteiger partial charge in [0.05, 0.1) is 6.04 Å². The summed E-state index contributed by atoms with van der Waals surface area (Å²) in [4.78, 5) is 1.56. The van der Waals surface area contributed by atoms with E-state index in [-0.39, 0.29) is 0 Å². The third-order valence-electron chi connectivity index (χ3n) is 2.18. The van der Waals surface area contributed by atoms with Crippen LogP contribution in [0.2, 0.25) is 0 Å². The van der Waals surface area contributed by atoms with Gasteiger partial charge in [-0.2, -0.15) is 0 Å². The normalized spacial score (nSPS) is 35.5. The molecule has 2 unspecified atom stereocenters. The van der Waals surface area contributed by atoms with Crippen molar-refractivity contribution in [2.45, 2.75) is 31.6 Å². The first-order valence-corrected chi connectivity index (χ1v) is 4.97. The van der Waals surface area contributed by atoms with Crippen LogP contribution in [0, 0.1) is 0 Å². The lowest BCUT2D eigenvalue weighted by molar-refractivity contribution is 0.741. The minimum Gasteiger partial charge on any atom is -0.384 e. The van der Waals surface area contributed by atoms with Gasteiger partial charge in [-0.25, -0.2) is 0 Å². The summed E-state index contributed by atoms with van der Waals surface area (Å²) in [6, 6.07) is 0.546. The molecular formula is C9H13NS. The van der Waals surface area contributed by atoms with Crippen LogP contribution in [0.5, 0.6) is 0 Å². The summed E-state index contributed by atoms with van der Waals surface area (Å²) < 4.78 is 0. The van der Waals surface area contributed by atoms with Gasteiger partial charge < -0.3 is 5.32 Å². The van der Waals surface area contributed by atoms with Crippen molar-refractivity contribution in [2.24, 2.45) is 0 Å². The van der Waals surface area contributed by atoms with Crippen molar-refractivity contribution in [2.75, 3.05) is 0 Å². The fraction of sp³-hybridized carbons (Fsp3) is 0.556. The molecule has 2 rings (SSSR count). The molecule has 0 aromatic rings. The Kier molecular flexibility index (Phi) is 1.72. The molecule has 0 aliphatic carbocycles. The van der Waals surface area contributed by atoms with E-state index in [0.29, 0.717) is 6.04 Å². The zero-order valence-electron chi connectivity index (χ0n) is 6.92. The van der Waals surface area contributed by atoms with Crippen LogP contribution in [-0.4, -0.2) is 11.3 Å². The smallest absolute Gasteiger partial charge is 0.0542 e. The Bertz CT molecular complexity index is 230. The molecule has 0 aromatic heterocycles. The summed E-state index contributed by atoms with van der Waals surface area (Å²) in [5, 5.41) is 4.10. The molecular weight excluding hydrogens is 154 g/mol. The second-order valence-corrected chi connectivity index (χ2v) is 4.72. The molecule has 0 spiro atoms. The molecule has 2 atom stereocenters. The van der Waals surface area contributed by atoms with E-state index in [1.165, 1.54) is 6.42 Å². The first-order valence-electron chi connectivity index (χ1n) is 4.09. The molecule has 0 saturated carbocycles. The van der Waals surface area contributed by atoms with Crippen molar-refractivity contribution in [1.29, 1.82) is 0 Å². The van der Waals surface area contributed by atoms with Crippen LogP contribution in [0.4, 0.5) is 0 Å². The topological polar surface area (TPSA) is 12.0 Å². The van der Waals surface area contributed by atoms with Crippen LogP contribution in [0.3, 0.4) is 0 Å². The van der Waals surface area contributed by atoms with Gasteiger partial charge in [-0.1, -0.05) is 6.92 Å². The van der Waals surface area contributed by atoms with Crippen molar-refractivity contribution in [1.82, 2.24) is 5.32 Å². The molecule has 1 nitrogen and oxygen atoms in total. The van der Waals surface area contributed by atoms with Crippen molar-refractivity contribution in [3.63, 3.8) is 0 Å². The molecule has 2 heterocycles. The molecule has 0 bridgehead atoms. The molecule has 2 aliphatic rings. The zero-order valence-corrected chi connectivity index (χ0v) is 7.74. The van der Waals surface area contributed by atoms with E-state index >= 15 is 0 Å². The SMILES string of the molecule is CC1CC2=C(S1)C(C)NC=C2. The quantitative estimate of drug-likeness (QED) is 0.594. The molecule has 11 heavy (non-hydrogen) atoms. The first kappa shape index (κ1) is 7.29. The van der Waals surface area contributed by atoms with Crippen molar-refractivity contribution >= 4 is 11.8 Å². The van der Waals surface area contributed by atoms with Crippen LogP contribution >= 0.6 is 11.8 Å². The second-order valence-electron chi connectivity index (χ2n) is 3.24. The highest BCUT2D eigenvalue weighted by Gasteiger charge is 2.25. The second kappa shape index (κ2) is 2.59. The molecule has 0 radical (unpaired) electrons. The third kappa shape index (κ3) is 1.20. The maximum atomic E-state index is 3.31. The lowest BCUT2D eigenvalue weighted by Gasteiger charge is -2.17. The summed E-state index contributed by atoms with van der Waals surface area (Å²) in [6.07, 6.45) is 5.54. The van der Waals surface area contributed by atoms with Crippen LogP contribution in [0.15, 0.2) is 22.8 Å². The van der Waals surface area contributed by atoms with Gasteiger partial charge in [-0.3, -0.25) is 0 Å². The Morgan fingerprint density at radius 3 is 3.09 bits per heavy atom. The van der Waals surface area contributed by atoms with E-state index in [2.05, 4.69) is 31.4 Å². The highest BCUT2D eigenvalue weighted by atomic mass is 32.2. The van der Waals surface area contributed by atoms with E-state index in [4.69, 9.17) is 0 Å². The summed E-state index contributed by atoms with van der Waals surface area (Å²) in [6.45, 7) is 4.52. The number of allylic oxidation sites excluding steroid dienone is 2. The third-order valence-corrected chi connectivity index (χ3v) is 3.61. The number of thioether (sulfide) groups is 1. The highest BCUT2D eigenvalue weighted by molar-refractivity contribution is 8.04. The van der Waals surface area contributed by atoms with Crippen LogP contribution in [-0.2, 0) is 0 Å². The lowest BCUT2D eigenvalue weighted by Crippen LogP contribution is -2.23. The highest BCUT2D eigenvalue weighted by Crippen LogP contribution is 2.40. The molecule has 60 valence electrons. The number of rotatable bonds is 0.